The molecular formula is C24H37ClN2O5. The molecule has 0 aromatic heterocycles. The molecule has 0 bridgehead atoms. The highest BCUT2D eigenvalue weighted by Crippen LogP contribution is 2.26. The van der Waals surface area contributed by atoms with E-state index < -0.39 is 17.2 Å². The van der Waals surface area contributed by atoms with Crippen molar-refractivity contribution in [2.24, 2.45) is 0 Å². The van der Waals surface area contributed by atoms with Crippen molar-refractivity contribution in [3.8, 4) is 5.75 Å². The van der Waals surface area contributed by atoms with Crippen LogP contribution in [-0.4, -0.2) is 65.3 Å². The number of ether oxygens (including phenoxy) is 3. The Morgan fingerprint density at radius 2 is 1.72 bits per heavy atom. The van der Waals surface area contributed by atoms with E-state index in [0.29, 0.717) is 37.0 Å². The van der Waals surface area contributed by atoms with Crippen LogP contribution >= 0.6 is 11.6 Å². The number of esters is 1. The Bertz CT molecular complexity index is 801. The predicted octanol–water partition coefficient (Wildman–Crippen LogP) is 4.89. The minimum atomic E-state index is -0.563. The van der Waals surface area contributed by atoms with Crippen LogP contribution in [0.2, 0.25) is 5.02 Å². The predicted molar refractivity (Wildman–Crippen MR) is 125 cm³/mol. The molecule has 0 radical (unpaired) electrons. The average Bonchev–Trinajstić information content (AvgIpc) is 2.64. The van der Waals surface area contributed by atoms with Gasteiger partial charge in [-0.3, -0.25) is 4.90 Å². The molecule has 1 amide bonds. The molecule has 1 aliphatic rings. The fourth-order valence-corrected chi connectivity index (χ4v) is 3.73. The Balaban J connectivity index is 2.04. The topological polar surface area (TPSA) is 68.3 Å². The van der Waals surface area contributed by atoms with E-state index >= 15 is 0 Å². The summed E-state index contributed by atoms with van der Waals surface area (Å²) in [7, 11) is 0. The minimum absolute atomic E-state index is 0.0592. The van der Waals surface area contributed by atoms with Gasteiger partial charge < -0.3 is 19.1 Å². The fourth-order valence-electron chi connectivity index (χ4n) is 3.53. The largest absolute Gasteiger partial charge is 0.482 e. The lowest BCUT2D eigenvalue weighted by molar-refractivity contribution is -0.157. The maximum absolute atomic E-state index is 12.6. The molecule has 32 heavy (non-hydrogen) atoms. The number of amides is 1. The Labute approximate surface area is 196 Å². The van der Waals surface area contributed by atoms with Crippen LogP contribution in [-0.2, 0) is 20.8 Å². The molecule has 1 atom stereocenters. The average molecular weight is 469 g/mol. The van der Waals surface area contributed by atoms with Gasteiger partial charge in [0.05, 0.1) is 0 Å². The lowest BCUT2D eigenvalue weighted by Crippen LogP contribution is -2.55. The molecule has 2 rings (SSSR count). The molecule has 7 nitrogen and oxygen atoms in total. The molecule has 1 heterocycles. The number of hydrogen-bond acceptors (Lipinski definition) is 6. The summed E-state index contributed by atoms with van der Waals surface area (Å²) in [4.78, 5) is 28.7. The summed E-state index contributed by atoms with van der Waals surface area (Å²) in [6.07, 6.45) is 0.556. The van der Waals surface area contributed by atoms with Crippen LogP contribution in [0.5, 0.6) is 5.75 Å². The molecule has 0 saturated carbocycles. The van der Waals surface area contributed by atoms with E-state index in [0.717, 1.165) is 12.0 Å². The second-order valence-corrected chi connectivity index (χ2v) is 10.5. The van der Waals surface area contributed by atoms with E-state index in [-0.39, 0.29) is 18.7 Å². The van der Waals surface area contributed by atoms with Gasteiger partial charge in [-0.05, 0) is 66.2 Å². The smallest absolute Gasteiger partial charge is 0.410 e. The Morgan fingerprint density at radius 3 is 2.31 bits per heavy atom. The highest BCUT2D eigenvalue weighted by Gasteiger charge is 2.32. The normalized spacial score (nSPS) is 17.8. The van der Waals surface area contributed by atoms with Crippen molar-refractivity contribution in [1.82, 2.24) is 9.80 Å². The zero-order chi connectivity index (χ0) is 24.1. The quantitative estimate of drug-likeness (QED) is 0.553. The summed E-state index contributed by atoms with van der Waals surface area (Å²) >= 11 is 6.23. The van der Waals surface area contributed by atoms with Crippen LogP contribution in [0.1, 0.15) is 60.5 Å². The van der Waals surface area contributed by atoms with Gasteiger partial charge >= 0.3 is 12.1 Å². The van der Waals surface area contributed by atoms with Gasteiger partial charge in [0.15, 0.2) is 6.61 Å². The van der Waals surface area contributed by atoms with Gasteiger partial charge in [0.1, 0.15) is 17.0 Å². The number of piperazine rings is 1. The Morgan fingerprint density at radius 1 is 1.06 bits per heavy atom. The SMILES string of the molecule is CC[C@H]1CN(Cc2cc(Cl)ccc2OCC(=O)OC(C)(C)C)CCN1C(=O)OC(C)(C)C. The van der Waals surface area contributed by atoms with E-state index in [4.69, 9.17) is 25.8 Å². The first-order valence-electron chi connectivity index (χ1n) is 11.1. The summed E-state index contributed by atoms with van der Waals surface area (Å²) in [6.45, 7) is 15.6. The number of benzene rings is 1. The monoisotopic (exact) mass is 468 g/mol. The van der Waals surface area contributed by atoms with Gasteiger partial charge in [-0.2, -0.15) is 0 Å². The second-order valence-electron chi connectivity index (χ2n) is 10.1. The molecule has 0 aliphatic carbocycles. The Hall–Kier alpha value is -1.99. The van der Waals surface area contributed by atoms with Gasteiger partial charge in [0.25, 0.3) is 0 Å². The van der Waals surface area contributed by atoms with Crippen molar-refractivity contribution in [3.63, 3.8) is 0 Å². The molecule has 0 unspecified atom stereocenters. The number of nitrogens with zero attached hydrogens (tertiary/aromatic N) is 2. The molecule has 1 aromatic rings. The fraction of sp³-hybridized carbons (Fsp3) is 0.667. The molecule has 1 aromatic carbocycles. The van der Waals surface area contributed by atoms with Crippen LogP contribution < -0.4 is 4.74 Å². The van der Waals surface area contributed by atoms with E-state index in [9.17, 15) is 9.59 Å². The molecular weight excluding hydrogens is 432 g/mol. The molecule has 1 saturated heterocycles. The van der Waals surface area contributed by atoms with Crippen molar-refractivity contribution < 1.29 is 23.8 Å². The summed E-state index contributed by atoms with van der Waals surface area (Å²) in [5.74, 6) is 0.179. The third-order valence-corrected chi connectivity index (χ3v) is 5.08. The van der Waals surface area contributed by atoms with Gasteiger partial charge in [-0.1, -0.05) is 18.5 Å². The first kappa shape index (κ1) is 26.3. The summed E-state index contributed by atoms with van der Waals surface area (Å²) < 4.78 is 16.7. The summed E-state index contributed by atoms with van der Waals surface area (Å²) in [5.41, 5.74) is -0.193. The third-order valence-electron chi connectivity index (χ3n) is 4.85. The van der Waals surface area contributed by atoms with Crippen LogP contribution in [0.25, 0.3) is 0 Å². The maximum atomic E-state index is 12.6. The van der Waals surface area contributed by atoms with Crippen LogP contribution in [0.15, 0.2) is 18.2 Å². The number of hydrogen-bond donors (Lipinski definition) is 0. The van der Waals surface area contributed by atoms with Crippen LogP contribution in [0.4, 0.5) is 4.79 Å². The molecule has 180 valence electrons. The van der Waals surface area contributed by atoms with E-state index in [1.54, 1.807) is 12.1 Å². The number of halogens is 1. The van der Waals surface area contributed by atoms with Gasteiger partial charge in [0.2, 0.25) is 0 Å². The first-order valence-corrected chi connectivity index (χ1v) is 11.5. The van der Waals surface area contributed by atoms with E-state index in [1.807, 2.05) is 52.5 Å². The van der Waals surface area contributed by atoms with Crippen molar-refractivity contribution in [3.05, 3.63) is 28.8 Å². The number of carbonyl (C=O) groups excluding carboxylic acids is 2. The Kier molecular flexibility index (Phi) is 8.82. The zero-order valence-electron chi connectivity index (χ0n) is 20.4. The molecule has 1 aliphatic heterocycles. The van der Waals surface area contributed by atoms with Crippen LogP contribution in [0, 0.1) is 0 Å². The number of carbonyl (C=O) groups is 2. The standard InChI is InChI=1S/C24H37ClN2O5/c1-8-19-15-26(11-12-27(19)22(29)32-24(5,6)7)14-17-13-18(25)9-10-20(17)30-16-21(28)31-23(2,3)4/h9-10,13,19H,8,11-12,14-16H2,1-7H3/t19-/m0/s1. The van der Waals surface area contributed by atoms with Gasteiger partial charge in [-0.25, -0.2) is 9.59 Å². The van der Waals surface area contributed by atoms with Crippen LogP contribution in [0.3, 0.4) is 0 Å². The first-order chi connectivity index (χ1) is 14.8. The third kappa shape index (κ3) is 8.51. The van der Waals surface area contributed by atoms with Crippen molar-refractivity contribution >= 4 is 23.7 Å². The van der Waals surface area contributed by atoms with E-state index in [2.05, 4.69) is 11.8 Å². The number of rotatable bonds is 6. The molecule has 8 heteroatoms. The lowest BCUT2D eigenvalue weighted by atomic mass is 10.1. The van der Waals surface area contributed by atoms with Gasteiger partial charge in [0, 0.05) is 42.8 Å². The molecule has 1 fully saturated rings. The van der Waals surface area contributed by atoms with Crippen molar-refractivity contribution in [2.45, 2.75) is 78.7 Å². The van der Waals surface area contributed by atoms with Crippen molar-refractivity contribution in [2.75, 3.05) is 26.2 Å². The second kappa shape index (κ2) is 10.8. The maximum Gasteiger partial charge on any atom is 0.410 e. The minimum Gasteiger partial charge on any atom is -0.482 e. The van der Waals surface area contributed by atoms with E-state index in [1.165, 1.54) is 0 Å². The van der Waals surface area contributed by atoms with Gasteiger partial charge in [-0.15, -0.1) is 0 Å². The zero-order valence-corrected chi connectivity index (χ0v) is 21.1. The summed E-state index contributed by atoms with van der Waals surface area (Å²) in [6, 6.07) is 5.43. The van der Waals surface area contributed by atoms with Crippen molar-refractivity contribution in [1.29, 1.82) is 0 Å². The highest BCUT2D eigenvalue weighted by atomic mass is 35.5. The highest BCUT2D eigenvalue weighted by molar-refractivity contribution is 6.30. The summed E-state index contributed by atoms with van der Waals surface area (Å²) in [5, 5.41) is 0.601. The lowest BCUT2D eigenvalue weighted by Gasteiger charge is -2.41. The molecule has 0 spiro atoms. The molecule has 0 N–H and O–H groups in total.